The van der Waals surface area contributed by atoms with Crippen molar-refractivity contribution in [1.82, 2.24) is 0 Å². The topological polar surface area (TPSA) is 20.2 Å². The van der Waals surface area contributed by atoms with Crippen molar-refractivity contribution in [2.24, 2.45) is 0 Å². The molecular weight excluding hydrogens is 144 g/mol. The molecule has 56 valence electrons. The normalized spacial score (nSPS) is 23.0. The van der Waals surface area contributed by atoms with Crippen LogP contribution in [0.2, 0.25) is 0 Å². The molecule has 0 amide bonds. The van der Waals surface area contributed by atoms with Gasteiger partial charge in [0.1, 0.15) is 5.60 Å². The average molecular weight is 156 g/mol. The third kappa shape index (κ3) is 1.93. The maximum absolute atomic E-state index is 9.65. The van der Waals surface area contributed by atoms with Gasteiger partial charge in [-0.25, -0.2) is 0 Å². The van der Waals surface area contributed by atoms with E-state index in [1.165, 1.54) is 6.42 Å². The van der Waals surface area contributed by atoms with E-state index in [0.717, 1.165) is 25.7 Å². The maximum Gasteiger partial charge on any atom is 0.126 e. The molecule has 1 nitrogen and oxygen atoms in total. The van der Waals surface area contributed by atoms with Crippen molar-refractivity contribution in [1.29, 1.82) is 0 Å². The second kappa shape index (κ2) is 3.32. The van der Waals surface area contributed by atoms with E-state index in [1.807, 2.05) is 0 Å². The molecule has 0 heterocycles. The van der Waals surface area contributed by atoms with Crippen LogP contribution in [-0.4, -0.2) is 10.7 Å². The fraction of sp³-hybridized carbons (Fsp3) is 0.750. The van der Waals surface area contributed by atoms with Crippen LogP contribution in [0.3, 0.4) is 0 Å². The molecule has 1 aliphatic rings. The minimum Gasteiger partial charge on any atom is -0.378 e. The fourth-order valence-electron chi connectivity index (χ4n) is 1.37. The zero-order chi connectivity index (χ0) is 7.45. The second-order valence-electron chi connectivity index (χ2n) is 2.83. The third-order valence-electron chi connectivity index (χ3n) is 1.97. The molecule has 0 unspecified atom stereocenters. The monoisotopic (exact) mass is 156 g/mol. The summed E-state index contributed by atoms with van der Waals surface area (Å²) in [7, 11) is 0. The summed E-state index contributed by atoms with van der Waals surface area (Å²) < 4.78 is 0. The Bertz CT molecular complexity index is 160. The summed E-state index contributed by atoms with van der Waals surface area (Å²) in [6.45, 7) is 0. The predicted octanol–water partition coefficient (Wildman–Crippen LogP) is 1.57. The highest BCUT2D eigenvalue weighted by atomic mass is 32.1. The van der Waals surface area contributed by atoms with E-state index in [4.69, 9.17) is 0 Å². The molecular formula is C8H12OS. The molecule has 0 aromatic heterocycles. The van der Waals surface area contributed by atoms with Crippen LogP contribution in [0.25, 0.3) is 0 Å². The Hall–Kier alpha value is -0.130. The van der Waals surface area contributed by atoms with Gasteiger partial charge in [0, 0.05) is 0 Å². The SMILES string of the molecule is OC1(C#CS)CCCCC1. The number of hydrogen-bond donors (Lipinski definition) is 2. The number of aliphatic hydroxyl groups is 1. The Morgan fingerprint density at radius 2 is 1.80 bits per heavy atom. The molecule has 1 aliphatic carbocycles. The van der Waals surface area contributed by atoms with E-state index in [9.17, 15) is 5.11 Å². The summed E-state index contributed by atoms with van der Waals surface area (Å²) >= 11 is 3.76. The molecule has 0 bridgehead atoms. The predicted molar refractivity (Wildman–Crippen MR) is 44.8 cm³/mol. The van der Waals surface area contributed by atoms with E-state index >= 15 is 0 Å². The van der Waals surface area contributed by atoms with E-state index in [0.29, 0.717) is 0 Å². The summed E-state index contributed by atoms with van der Waals surface area (Å²) in [6.07, 6.45) is 5.07. The Balaban J connectivity index is 2.53. The first-order valence-corrected chi connectivity index (χ1v) is 4.10. The highest BCUT2D eigenvalue weighted by Gasteiger charge is 2.26. The molecule has 2 heteroatoms. The van der Waals surface area contributed by atoms with Gasteiger partial charge in [0.2, 0.25) is 0 Å². The van der Waals surface area contributed by atoms with Crippen LogP contribution in [0.1, 0.15) is 32.1 Å². The van der Waals surface area contributed by atoms with Crippen molar-refractivity contribution in [2.45, 2.75) is 37.7 Å². The lowest BCUT2D eigenvalue weighted by atomic mass is 9.86. The Morgan fingerprint density at radius 1 is 1.20 bits per heavy atom. The molecule has 1 saturated carbocycles. The lowest BCUT2D eigenvalue weighted by Gasteiger charge is -2.26. The van der Waals surface area contributed by atoms with Crippen molar-refractivity contribution < 1.29 is 5.11 Å². The first-order chi connectivity index (χ1) is 4.77. The van der Waals surface area contributed by atoms with Crippen LogP contribution < -0.4 is 0 Å². The van der Waals surface area contributed by atoms with Gasteiger partial charge in [-0.05, 0) is 30.9 Å². The molecule has 0 saturated heterocycles. The third-order valence-corrected chi connectivity index (χ3v) is 2.08. The number of hydrogen-bond acceptors (Lipinski definition) is 2. The van der Waals surface area contributed by atoms with Crippen LogP contribution in [-0.2, 0) is 0 Å². The van der Waals surface area contributed by atoms with Crippen LogP contribution in [0.5, 0.6) is 0 Å². The molecule has 10 heavy (non-hydrogen) atoms. The lowest BCUT2D eigenvalue weighted by Crippen LogP contribution is -2.28. The Labute approximate surface area is 67.2 Å². The van der Waals surface area contributed by atoms with Gasteiger partial charge < -0.3 is 5.11 Å². The van der Waals surface area contributed by atoms with E-state index < -0.39 is 5.60 Å². The summed E-state index contributed by atoms with van der Waals surface area (Å²) in [4.78, 5) is 0. The van der Waals surface area contributed by atoms with Crippen LogP contribution >= 0.6 is 12.6 Å². The number of rotatable bonds is 0. The zero-order valence-electron chi connectivity index (χ0n) is 5.93. The van der Waals surface area contributed by atoms with Crippen LogP contribution in [0.4, 0.5) is 0 Å². The summed E-state index contributed by atoms with van der Waals surface area (Å²) in [5, 5.41) is 12.1. The summed E-state index contributed by atoms with van der Waals surface area (Å²) in [5.41, 5.74) is -0.708. The van der Waals surface area contributed by atoms with Gasteiger partial charge in [-0.2, -0.15) is 0 Å². The van der Waals surface area contributed by atoms with Gasteiger partial charge in [-0.3, -0.25) is 0 Å². The van der Waals surface area contributed by atoms with Gasteiger partial charge in [0.15, 0.2) is 0 Å². The van der Waals surface area contributed by atoms with Crippen molar-refractivity contribution in [3.05, 3.63) is 0 Å². The molecule has 0 aromatic carbocycles. The molecule has 0 radical (unpaired) electrons. The minimum atomic E-state index is -0.708. The molecule has 0 aliphatic heterocycles. The second-order valence-corrected chi connectivity index (χ2v) is 3.05. The quantitative estimate of drug-likeness (QED) is 0.403. The Morgan fingerprint density at radius 3 is 2.30 bits per heavy atom. The molecule has 1 N–H and O–H groups in total. The smallest absolute Gasteiger partial charge is 0.126 e. The highest BCUT2D eigenvalue weighted by molar-refractivity contribution is 7.85. The summed E-state index contributed by atoms with van der Waals surface area (Å²) in [5.74, 6) is 2.73. The first kappa shape index (κ1) is 7.97. The fourth-order valence-corrected chi connectivity index (χ4v) is 1.57. The van der Waals surface area contributed by atoms with Crippen molar-refractivity contribution in [3.8, 4) is 11.2 Å². The molecule has 1 rings (SSSR count). The minimum absolute atomic E-state index is 0.708. The van der Waals surface area contributed by atoms with Gasteiger partial charge in [0.05, 0.1) is 0 Å². The van der Waals surface area contributed by atoms with Gasteiger partial charge in [0.25, 0.3) is 0 Å². The standard InChI is InChI=1S/C8H12OS/c9-8(6-7-10)4-2-1-3-5-8/h9-10H,1-5H2. The molecule has 0 spiro atoms. The zero-order valence-corrected chi connectivity index (χ0v) is 6.82. The average Bonchev–Trinajstić information content (AvgIpc) is 1.89. The Kier molecular flexibility index (Phi) is 2.64. The molecule has 1 fully saturated rings. The maximum atomic E-state index is 9.65. The van der Waals surface area contributed by atoms with E-state index in [2.05, 4.69) is 23.8 Å². The summed E-state index contributed by atoms with van der Waals surface area (Å²) in [6, 6.07) is 0. The van der Waals surface area contributed by atoms with Crippen molar-refractivity contribution >= 4 is 12.6 Å². The largest absolute Gasteiger partial charge is 0.378 e. The van der Waals surface area contributed by atoms with Gasteiger partial charge >= 0.3 is 0 Å². The van der Waals surface area contributed by atoms with Gasteiger partial charge in [-0.15, -0.1) is 0 Å². The molecule has 0 atom stereocenters. The van der Waals surface area contributed by atoms with Crippen molar-refractivity contribution in [3.63, 3.8) is 0 Å². The lowest BCUT2D eigenvalue weighted by molar-refractivity contribution is 0.0611. The number of thiol groups is 1. The van der Waals surface area contributed by atoms with Crippen molar-refractivity contribution in [2.75, 3.05) is 0 Å². The van der Waals surface area contributed by atoms with Gasteiger partial charge in [-0.1, -0.05) is 25.0 Å². The highest BCUT2D eigenvalue weighted by Crippen LogP contribution is 2.26. The first-order valence-electron chi connectivity index (χ1n) is 3.65. The van der Waals surface area contributed by atoms with Crippen LogP contribution in [0, 0.1) is 11.2 Å². The van der Waals surface area contributed by atoms with E-state index in [1.54, 1.807) is 0 Å². The molecule has 0 aromatic rings. The van der Waals surface area contributed by atoms with Crippen LogP contribution in [0.15, 0.2) is 0 Å². The van der Waals surface area contributed by atoms with E-state index in [-0.39, 0.29) is 0 Å².